The molecule has 0 bridgehead atoms. The van der Waals surface area contributed by atoms with Crippen LogP contribution in [0.25, 0.3) is 0 Å². The maximum absolute atomic E-state index is 12.5. The number of benzene rings is 1. The minimum atomic E-state index is -0.284. The number of hydrogen-bond donors (Lipinski definition) is 2. The Labute approximate surface area is 164 Å². The molecule has 0 aliphatic rings. The van der Waals surface area contributed by atoms with Crippen molar-refractivity contribution in [1.82, 2.24) is 15.6 Å². The molecule has 0 spiro atoms. The van der Waals surface area contributed by atoms with Gasteiger partial charge >= 0.3 is 0 Å². The van der Waals surface area contributed by atoms with E-state index in [1.165, 1.54) is 14.2 Å². The summed E-state index contributed by atoms with van der Waals surface area (Å²) in [5.74, 6) is 0.692. The maximum Gasteiger partial charge on any atom is 0.258 e. The van der Waals surface area contributed by atoms with Gasteiger partial charge in [-0.25, -0.2) is 4.98 Å². The summed E-state index contributed by atoms with van der Waals surface area (Å²) in [7, 11) is 3.00. The largest absolute Gasteiger partial charge is 0.493 e. The third-order valence-electron chi connectivity index (χ3n) is 3.72. The molecule has 0 unspecified atom stereocenters. The summed E-state index contributed by atoms with van der Waals surface area (Å²) in [4.78, 5) is 28.3. The van der Waals surface area contributed by atoms with Gasteiger partial charge in [-0.3, -0.25) is 9.59 Å². The number of carbonyl (C=O) groups excluding carboxylic acids is 2. The van der Waals surface area contributed by atoms with E-state index < -0.39 is 0 Å². The highest BCUT2D eigenvalue weighted by atomic mass is 16.5. The number of pyridine rings is 1. The molecule has 0 atom stereocenters. The number of hydrogen-bond acceptors (Lipinski definition) is 6. The molecule has 0 aliphatic heterocycles. The fourth-order valence-electron chi connectivity index (χ4n) is 2.46. The average molecular weight is 387 g/mol. The maximum atomic E-state index is 12.5. The van der Waals surface area contributed by atoms with Gasteiger partial charge in [0.1, 0.15) is 0 Å². The van der Waals surface area contributed by atoms with Crippen LogP contribution >= 0.6 is 0 Å². The molecule has 2 rings (SSSR count). The van der Waals surface area contributed by atoms with E-state index in [2.05, 4.69) is 15.6 Å². The number of methoxy groups -OCH3 is 2. The third-order valence-corrected chi connectivity index (χ3v) is 3.72. The Morgan fingerprint density at radius 1 is 1.11 bits per heavy atom. The average Bonchev–Trinajstić information content (AvgIpc) is 2.69. The highest BCUT2D eigenvalue weighted by Gasteiger charge is 2.13. The monoisotopic (exact) mass is 387 g/mol. The van der Waals surface area contributed by atoms with Gasteiger partial charge in [0.25, 0.3) is 11.8 Å². The van der Waals surface area contributed by atoms with Crippen LogP contribution in [0.3, 0.4) is 0 Å². The molecule has 2 aromatic rings. The van der Waals surface area contributed by atoms with Crippen molar-refractivity contribution in [3.63, 3.8) is 0 Å². The highest BCUT2D eigenvalue weighted by Crippen LogP contribution is 2.28. The number of amides is 2. The zero-order chi connectivity index (χ0) is 20.5. The molecule has 8 heteroatoms. The lowest BCUT2D eigenvalue weighted by molar-refractivity contribution is -0.123. The topological polar surface area (TPSA) is 98.8 Å². The van der Waals surface area contributed by atoms with E-state index in [0.717, 1.165) is 5.56 Å². The Balaban J connectivity index is 2.01. The highest BCUT2D eigenvalue weighted by molar-refractivity contribution is 5.94. The SMILES string of the molecule is COc1cc(C(=O)NCc2cccnc2OC)ccc1OCC(=O)NC(C)C. The Morgan fingerprint density at radius 2 is 1.89 bits per heavy atom. The number of carbonyl (C=O) groups is 2. The normalized spacial score (nSPS) is 10.3. The number of rotatable bonds is 9. The van der Waals surface area contributed by atoms with E-state index in [9.17, 15) is 9.59 Å². The van der Waals surface area contributed by atoms with Gasteiger partial charge in [0.2, 0.25) is 5.88 Å². The summed E-state index contributed by atoms with van der Waals surface area (Å²) in [6.45, 7) is 3.87. The van der Waals surface area contributed by atoms with Gasteiger partial charge in [-0.2, -0.15) is 0 Å². The van der Waals surface area contributed by atoms with E-state index in [1.807, 2.05) is 19.9 Å². The zero-order valence-corrected chi connectivity index (χ0v) is 16.4. The fourth-order valence-corrected chi connectivity index (χ4v) is 2.46. The predicted molar refractivity (Wildman–Crippen MR) is 104 cm³/mol. The second-order valence-electron chi connectivity index (χ2n) is 6.23. The first kappa shape index (κ1) is 21.0. The van der Waals surface area contributed by atoms with Crippen molar-refractivity contribution in [2.75, 3.05) is 20.8 Å². The van der Waals surface area contributed by atoms with E-state index in [1.54, 1.807) is 30.5 Å². The Kier molecular flexibility index (Phi) is 7.62. The predicted octanol–water partition coefficient (Wildman–Crippen LogP) is 1.93. The lowest BCUT2D eigenvalue weighted by atomic mass is 10.1. The molecule has 150 valence electrons. The van der Waals surface area contributed by atoms with E-state index in [-0.39, 0.29) is 31.0 Å². The van der Waals surface area contributed by atoms with Crippen LogP contribution in [0, 0.1) is 0 Å². The van der Waals surface area contributed by atoms with Crippen molar-refractivity contribution in [3.8, 4) is 17.4 Å². The minimum absolute atomic E-state index is 0.0301. The molecule has 1 aromatic carbocycles. The first-order valence-corrected chi connectivity index (χ1v) is 8.81. The summed E-state index contributed by atoms with van der Waals surface area (Å²) < 4.78 is 15.9. The second-order valence-corrected chi connectivity index (χ2v) is 6.23. The molecule has 0 saturated carbocycles. The minimum Gasteiger partial charge on any atom is -0.493 e. The molecule has 0 fully saturated rings. The molecule has 2 N–H and O–H groups in total. The summed E-state index contributed by atoms with van der Waals surface area (Å²) in [5.41, 5.74) is 1.17. The lowest BCUT2D eigenvalue weighted by Crippen LogP contribution is -2.34. The van der Waals surface area contributed by atoms with Gasteiger partial charge in [-0.1, -0.05) is 6.07 Å². The molecule has 1 aromatic heterocycles. The number of ether oxygens (including phenoxy) is 3. The fraction of sp³-hybridized carbons (Fsp3) is 0.350. The molecule has 2 amide bonds. The number of aromatic nitrogens is 1. The van der Waals surface area contributed by atoms with Crippen molar-refractivity contribution in [2.45, 2.75) is 26.4 Å². The number of nitrogens with one attached hydrogen (secondary N) is 2. The lowest BCUT2D eigenvalue weighted by Gasteiger charge is -2.13. The van der Waals surface area contributed by atoms with Crippen molar-refractivity contribution in [3.05, 3.63) is 47.7 Å². The molecule has 28 heavy (non-hydrogen) atoms. The van der Waals surface area contributed by atoms with Gasteiger partial charge in [-0.05, 0) is 38.1 Å². The van der Waals surface area contributed by atoms with Crippen LogP contribution in [0.4, 0.5) is 0 Å². The smallest absolute Gasteiger partial charge is 0.258 e. The van der Waals surface area contributed by atoms with E-state index >= 15 is 0 Å². The van der Waals surface area contributed by atoms with Gasteiger partial charge in [0.05, 0.1) is 14.2 Å². The van der Waals surface area contributed by atoms with Crippen molar-refractivity contribution < 1.29 is 23.8 Å². The molecule has 0 saturated heterocycles. The molecule has 0 aliphatic carbocycles. The standard InChI is InChI=1S/C20H25N3O5/c1-13(2)23-18(24)12-28-16-8-7-14(10-17(16)26-3)19(25)22-11-15-6-5-9-21-20(15)27-4/h5-10,13H,11-12H2,1-4H3,(H,22,25)(H,23,24). The summed E-state index contributed by atoms with van der Waals surface area (Å²) >= 11 is 0. The van der Waals surface area contributed by atoms with Crippen LogP contribution in [0.5, 0.6) is 17.4 Å². The van der Waals surface area contributed by atoms with Crippen LogP contribution in [0.15, 0.2) is 36.5 Å². The van der Waals surface area contributed by atoms with Crippen LogP contribution in [-0.4, -0.2) is 43.7 Å². The molecular formula is C20H25N3O5. The molecule has 1 heterocycles. The Morgan fingerprint density at radius 3 is 2.57 bits per heavy atom. The molecule has 0 radical (unpaired) electrons. The van der Waals surface area contributed by atoms with Gasteiger partial charge in [0.15, 0.2) is 18.1 Å². The zero-order valence-electron chi connectivity index (χ0n) is 16.4. The first-order chi connectivity index (χ1) is 13.4. The van der Waals surface area contributed by atoms with Crippen molar-refractivity contribution in [2.24, 2.45) is 0 Å². The van der Waals surface area contributed by atoms with Crippen molar-refractivity contribution in [1.29, 1.82) is 0 Å². The van der Waals surface area contributed by atoms with Gasteiger partial charge in [-0.15, -0.1) is 0 Å². The van der Waals surface area contributed by atoms with Crippen LogP contribution in [0.1, 0.15) is 29.8 Å². The van der Waals surface area contributed by atoms with Gasteiger partial charge in [0, 0.05) is 29.9 Å². The van der Waals surface area contributed by atoms with Gasteiger partial charge < -0.3 is 24.8 Å². The summed E-state index contributed by atoms with van der Waals surface area (Å²) in [6, 6.07) is 8.39. The third kappa shape index (κ3) is 5.87. The van der Waals surface area contributed by atoms with E-state index in [0.29, 0.717) is 22.9 Å². The second kappa shape index (κ2) is 10.1. The van der Waals surface area contributed by atoms with E-state index in [4.69, 9.17) is 14.2 Å². The summed E-state index contributed by atoms with van der Waals surface area (Å²) in [6.07, 6.45) is 1.62. The van der Waals surface area contributed by atoms with Crippen LogP contribution < -0.4 is 24.8 Å². The van der Waals surface area contributed by atoms with Crippen LogP contribution in [0.2, 0.25) is 0 Å². The van der Waals surface area contributed by atoms with Crippen molar-refractivity contribution >= 4 is 11.8 Å². The first-order valence-electron chi connectivity index (χ1n) is 8.81. The number of nitrogens with zero attached hydrogens (tertiary/aromatic N) is 1. The summed E-state index contributed by atoms with van der Waals surface area (Å²) in [5, 5.41) is 5.55. The molecule has 8 nitrogen and oxygen atoms in total. The Bertz CT molecular complexity index is 823. The molecular weight excluding hydrogens is 362 g/mol. The Hall–Kier alpha value is -3.29. The van der Waals surface area contributed by atoms with Crippen LogP contribution in [-0.2, 0) is 11.3 Å². The quantitative estimate of drug-likeness (QED) is 0.682.